The third-order valence-corrected chi connectivity index (χ3v) is 3.85. The van der Waals surface area contributed by atoms with Gasteiger partial charge in [-0.25, -0.2) is 0 Å². The molecule has 0 unspecified atom stereocenters. The van der Waals surface area contributed by atoms with Gasteiger partial charge in [-0.1, -0.05) is 20.8 Å². The number of hydrogen-bond donors (Lipinski definition) is 1. The first-order chi connectivity index (χ1) is 10.2. The molecule has 0 fully saturated rings. The predicted octanol–water partition coefficient (Wildman–Crippen LogP) is 3.37. The summed E-state index contributed by atoms with van der Waals surface area (Å²) in [6.07, 6.45) is 3.44. The fourth-order valence-corrected chi connectivity index (χ4v) is 2.45. The minimum absolute atomic E-state index is 0.199. The molecule has 0 atom stereocenters. The smallest absolute Gasteiger partial charge is 0.310 e. The molecule has 1 aromatic heterocycles. The van der Waals surface area contributed by atoms with Crippen molar-refractivity contribution in [3.8, 4) is 5.75 Å². The Hall–Kier alpha value is -1.81. The molecule has 114 valence electrons. The molecule has 0 saturated heterocycles. The van der Waals surface area contributed by atoms with Crippen LogP contribution < -0.4 is 4.74 Å². The second-order valence-electron chi connectivity index (χ2n) is 5.13. The summed E-state index contributed by atoms with van der Waals surface area (Å²) in [7, 11) is 0. The molecule has 21 heavy (non-hydrogen) atoms. The lowest BCUT2D eigenvalue weighted by Gasteiger charge is -2.17. The van der Waals surface area contributed by atoms with E-state index in [1.165, 1.54) is 5.56 Å². The van der Waals surface area contributed by atoms with Crippen molar-refractivity contribution in [1.29, 1.82) is 0 Å². The number of nitrogens with zero attached hydrogens (tertiary/aromatic N) is 1. The van der Waals surface area contributed by atoms with E-state index in [4.69, 9.17) is 4.74 Å². The lowest BCUT2D eigenvalue weighted by Crippen LogP contribution is -2.25. The zero-order valence-electron chi connectivity index (χ0n) is 13.1. The van der Waals surface area contributed by atoms with Crippen LogP contribution in [0.15, 0.2) is 24.4 Å². The molecule has 1 heterocycles. The van der Waals surface area contributed by atoms with Gasteiger partial charge in [-0.2, -0.15) is 0 Å². The van der Waals surface area contributed by atoms with E-state index in [9.17, 15) is 4.79 Å². The van der Waals surface area contributed by atoms with Crippen LogP contribution in [-0.2, 0) is 11.2 Å². The van der Waals surface area contributed by atoms with Gasteiger partial charge in [0.2, 0.25) is 0 Å². The van der Waals surface area contributed by atoms with Crippen molar-refractivity contribution >= 4 is 16.9 Å². The van der Waals surface area contributed by atoms with Gasteiger partial charge in [-0.3, -0.25) is 4.79 Å². The van der Waals surface area contributed by atoms with Crippen molar-refractivity contribution in [2.75, 3.05) is 19.6 Å². The molecule has 2 aromatic rings. The summed E-state index contributed by atoms with van der Waals surface area (Å²) in [6, 6.07) is 5.76. The molecule has 1 N–H and O–H groups in total. The largest absolute Gasteiger partial charge is 0.427 e. The Kier molecular flexibility index (Phi) is 5.39. The summed E-state index contributed by atoms with van der Waals surface area (Å²) in [4.78, 5) is 17.1. The van der Waals surface area contributed by atoms with Crippen LogP contribution in [0.4, 0.5) is 0 Å². The number of H-pyrrole nitrogens is 1. The number of aromatic nitrogens is 1. The van der Waals surface area contributed by atoms with Gasteiger partial charge in [0, 0.05) is 30.1 Å². The molecular formula is C17H24N2O2. The number of carbonyl (C=O) groups excluding carboxylic acids is 1. The van der Waals surface area contributed by atoms with Crippen LogP contribution >= 0.6 is 0 Å². The number of carbonyl (C=O) groups is 1. The zero-order chi connectivity index (χ0) is 15.2. The van der Waals surface area contributed by atoms with Crippen molar-refractivity contribution in [1.82, 2.24) is 9.88 Å². The molecule has 0 radical (unpaired) electrons. The first-order valence-electron chi connectivity index (χ1n) is 7.70. The fraction of sp³-hybridized carbons (Fsp3) is 0.471. The van der Waals surface area contributed by atoms with Gasteiger partial charge >= 0.3 is 5.97 Å². The predicted molar refractivity (Wildman–Crippen MR) is 85.7 cm³/mol. The molecular weight excluding hydrogens is 264 g/mol. The van der Waals surface area contributed by atoms with Crippen LogP contribution in [-0.4, -0.2) is 35.5 Å². The van der Waals surface area contributed by atoms with E-state index >= 15 is 0 Å². The van der Waals surface area contributed by atoms with Gasteiger partial charge in [0.1, 0.15) is 5.75 Å². The van der Waals surface area contributed by atoms with E-state index in [-0.39, 0.29) is 5.97 Å². The number of benzene rings is 1. The Bertz CT molecular complexity index is 600. The van der Waals surface area contributed by atoms with Crippen LogP contribution in [0.2, 0.25) is 0 Å². The molecule has 0 bridgehead atoms. The van der Waals surface area contributed by atoms with Crippen molar-refractivity contribution in [3.05, 3.63) is 30.0 Å². The summed E-state index contributed by atoms with van der Waals surface area (Å²) in [5.74, 6) is 0.424. The summed E-state index contributed by atoms with van der Waals surface area (Å²) < 4.78 is 5.30. The van der Waals surface area contributed by atoms with Gasteiger partial charge in [-0.15, -0.1) is 0 Å². The highest BCUT2D eigenvalue weighted by molar-refractivity contribution is 5.85. The third kappa shape index (κ3) is 3.85. The molecule has 4 heteroatoms. The second kappa shape index (κ2) is 7.27. The number of likely N-dealkylation sites (N-methyl/N-ethyl adjacent to an activating group) is 1. The molecule has 0 aliphatic heterocycles. The number of ether oxygens (including phenoxy) is 1. The maximum absolute atomic E-state index is 11.4. The molecule has 0 saturated carbocycles. The monoisotopic (exact) mass is 288 g/mol. The Morgan fingerprint density at radius 2 is 2.00 bits per heavy atom. The average molecular weight is 288 g/mol. The summed E-state index contributed by atoms with van der Waals surface area (Å²) >= 11 is 0. The molecule has 0 amide bonds. The lowest BCUT2D eigenvalue weighted by molar-refractivity contribution is -0.134. The number of fused-ring (bicyclic) bond motifs is 1. The van der Waals surface area contributed by atoms with Crippen molar-refractivity contribution in [3.63, 3.8) is 0 Å². The molecule has 4 nitrogen and oxygen atoms in total. The van der Waals surface area contributed by atoms with Gasteiger partial charge in [0.25, 0.3) is 0 Å². The normalized spacial score (nSPS) is 11.2. The molecule has 2 rings (SSSR count). The third-order valence-electron chi connectivity index (χ3n) is 3.85. The molecule has 0 spiro atoms. The number of esters is 1. The van der Waals surface area contributed by atoms with Crippen molar-refractivity contribution in [2.45, 2.75) is 33.6 Å². The highest BCUT2D eigenvalue weighted by atomic mass is 16.5. The van der Waals surface area contributed by atoms with E-state index in [1.54, 1.807) is 6.92 Å². The number of rotatable bonds is 7. The maximum Gasteiger partial charge on any atom is 0.310 e. The zero-order valence-corrected chi connectivity index (χ0v) is 13.1. The maximum atomic E-state index is 11.4. The first-order valence-corrected chi connectivity index (χ1v) is 7.70. The van der Waals surface area contributed by atoms with E-state index in [0.717, 1.165) is 37.0 Å². The minimum Gasteiger partial charge on any atom is -0.427 e. The van der Waals surface area contributed by atoms with Crippen LogP contribution in [0.25, 0.3) is 10.9 Å². The van der Waals surface area contributed by atoms with E-state index < -0.39 is 0 Å². The quantitative estimate of drug-likeness (QED) is 0.627. The lowest BCUT2D eigenvalue weighted by atomic mass is 10.1. The van der Waals surface area contributed by atoms with Crippen LogP contribution in [0.1, 0.15) is 32.8 Å². The number of aromatic amines is 1. The Labute approximate surface area is 126 Å². The van der Waals surface area contributed by atoms with Crippen LogP contribution in [0.3, 0.4) is 0 Å². The topological polar surface area (TPSA) is 45.3 Å². The first kappa shape index (κ1) is 15.6. The Balaban J connectivity index is 2.16. The Morgan fingerprint density at radius 1 is 1.24 bits per heavy atom. The minimum atomic E-state index is -0.199. The molecule has 1 aromatic carbocycles. The molecule has 0 aliphatic carbocycles. The number of nitrogens with one attached hydrogen (secondary N) is 1. The van der Waals surface area contributed by atoms with E-state index in [1.807, 2.05) is 18.2 Å². The summed E-state index contributed by atoms with van der Waals surface area (Å²) in [5.41, 5.74) is 2.35. The van der Waals surface area contributed by atoms with Gasteiger partial charge < -0.3 is 14.6 Å². The van der Waals surface area contributed by atoms with Gasteiger partial charge in [0.15, 0.2) is 0 Å². The molecule has 0 aliphatic rings. The standard InChI is InChI=1S/C17H24N2O2/c1-4-17(20)21-14-7-8-16-15(11-14)13(12-18-16)9-10-19(5-2)6-3/h7-8,11-12,18H,4-6,9-10H2,1-3H3. The fourth-order valence-electron chi connectivity index (χ4n) is 2.45. The van der Waals surface area contributed by atoms with Crippen LogP contribution in [0, 0.1) is 0 Å². The van der Waals surface area contributed by atoms with E-state index in [0.29, 0.717) is 12.2 Å². The van der Waals surface area contributed by atoms with Gasteiger partial charge in [-0.05, 0) is 43.3 Å². The number of hydrogen-bond acceptors (Lipinski definition) is 3. The van der Waals surface area contributed by atoms with Gasteiger partial charge in [0.05, 0.1) is 0 Å². The van der Waals surface area contributed by atoms with E-state index in [2.05, 4.69) is 29.9 Å². The Morgan fingerprint density at radius 3 is 2.67 bits per heavy atom. The summed E-state index contributed by atoms with van der Waals surface area (Å²) in [6.45, 7) is 9.34. The highest BCUT2D eigenvalue weighted by Gasteiger charge is 2.08. The summed E-state index contributed by atoms with van der Waals surface area (Å²) in [5, 5.41) is 1.14. The highest BCUT2D eigenvalue weighted by Crippen LogP contribution is 2.24. The average Bonchev–Trinajstić information content (AvgIpc) is 2.91. The second-order valence-corrected chi connectivity index (χ2v) is 5.13. The van der Waals surface area contributed by atoms with Crippen LogP contribution in [0.5, 0.6) is 5.75 Å². The SMILES string of the molecule is CCC(=O)Oc1ccc2[nH]cc(CCN(CC)CC)c2c1. The van der Waals surface area contributed by atoms with Crippen molar-refractivity contribution < 1.29 is 9.53 Å². The van der Waals surface area contributed by atoms with Crippen molar-refractivity contribution in [2.24, 2.45) is 0 Å².